The van der Waals surface area contributed by atoms with Gasteiger partial charge >= 0.3 is 5.97 Å². The van der Waals surface area contributed by atoms with E-state index in [0.717, 1.165) is 5.56 Å². The maximum absolute atomic E-state index is 13.0. The summed E-state index contributed by atoms with van der Waals surface area (Å²) in [5, 5.41) is 19.0. The Morgan fingerprint density at radius 1 is 1.23 bits per heavy atom. The molecule has 0 bridgehead atoms. The van der Waals surface area contributed by atoms with Crippen LogP contribution in [0.3, 0.4) is 0 Å². The third-order valence-corrected chi connectivity index (χ3v) is 4.82. The minimum Gasteiger partial charge on any atom is -0.495 e. The average molecular weight is 406 g/mol. The first-order valence-corrected chi connectivity index (χ1v) is 9.13. The number of aromatic nitrogens is 2. The molecule has 1 aliphatic heterocycles. The number of amides is 2. The monoisotopic (exact) mass is 406 g/mol. The predicted octanol–water partition coefficient (Wildman–Crippen LogP) is 2.78. The summed E-state index contributed by atoms with van der Waals surface area (Å²) in [5.74, 6) is -1.21. The minimum atomic E-state index is -1.13. The molecule has 0 fully saturated rings. The zero-order valence-electron chi connectivity index (χ0n) is 16.0. The summed E-state index contributed by atoms with van der Waals surface area (Å²) in [5.41, 5.74) is 1.76. The van der Waals surface area contributed by atoms with Gasteiger partial charge in [0.1, 0.15) is 17.6 Å². The van der Waals surface area contributed by atoms with Gasteiger partial charge in [-0.05, 0) is 23.8 Å². The number of hydrogen-bond acceptors (Lipinski definition) is 5. The number of methoxy groups -OCH3 is 1. The van der Waals surface area contributed by atoms with Gasteiger partial charge in [0, 0.05) is 5.56 Å². The highest BCUT2D eigenvalue weighted by atomic mass is 16.5. The van der Waals surface area contributed by atoms with Crippen LogP contribution in [-0.2, 0) is 9.59 Å². The number of rotatable bonds is 5. The molecule has 9 heteroatoms. The molecule has 1 aliphatic rings. The van der Waals surface area contributed by atoms with E-state index in [1.807, 2.05) is 30.3 Å². The summed E-state index contributed by atoms with van der Waals surface area (Å²) in [6.45, 7) is 0. The Bertz CT molecular complexity index is 1140. The van der Waals surface area contributed by atoms with Crippen LogP contribution in [0.2, 0.25) is 0 Å². The molecule has 0 radical (unpaired) electrons. The molecule has 30 heavy (non-hydrogen) atoms. The van der Waals surface area contributed by atoms with E-state index in [2.05, 4.69) is 15.7 Å². The number of carbonyl (C=O) groups excluding carboxylic acids is 2. The first-order valence-electron chi connectivity index (χ1n) is 9.13. The molecule has 4 rings (SSSR count). The fourth-order valence-electron chi connectivity index (χ4n) is 3.36. The van der Waals surface area contributed by atoms with E-state index in [-0.39, 0.29) is 23.6 Å². The number of aromatic carboxylic acids is 1. The maximum Gasteiger partial charge on any atom is 0.335 e. The van der Waals surface area contributed by atoms with Crippen molar-refractivity contribution in [3.63, 3.8) is 0 Å². The lowest BCUT2D eigenvalue weighted by Crippen LogP contribution is -2.36. The molecule has 2 amide bonds. The van der Waals surface area contributed by atoms with Gasteiger partial charge in [-0.1, -0.05) is 30.3 Å². The normalized spacial score (nSPS) is 15.1. The van der Waals surface area contributed by atoms with E-state index >= 15 is 0 Å². The molecule has 2 aromatic carbocycles. The van der Waals surface area contributed by atoms with Crippen molar-refractivity contribution in [2.24, 2.45) is 0 Å². The number of hydrogen-bond donors (Lipinski definition) is 3. The summed E-state index contributed by atoms with van der Waals surface area (Å²) in [6, 6.07) is 12.6. The molecule has 3 N–H and O–H groups in total. The van der Waals surface area contributed by atoms with Crippen LogP contribution in [0.4, 0.5) is 11.5 Å². The van der Waals surface area contributed by atoms with Crippen molar-refractivity contribution in [1.82, 2.24) is 9.78 Å². The van der Waals surface area contributed by atoms with Crippen LogP contribution in [0.1, 0.15) is 22.8 Å². The highest BCUT2D eigenvalue weighted by Crippen LogP contribution is 2.35. The standard InChI is InChI=1S/C21H18N4O5/c1-30-17-8-7-13(21(28)29)9-15(17)23-20(27)16-10-18(26)24-19-14(11-22-25(16)19)12-5-3-2-4-6-12/h2-9,11,16H,10H2,1H3,(H,23,27)(H,24,26)(H,28,29)/t16-/m1/s1. The van der Waals surface area contributed by atoms with Crippen molar-refractivity contribution >= 4 is 29.3 Å². The number of fused-ring (bicyclic) bond motifs is 1. The van der Waals surface area contributed by atoms with E-state index < -0.39 is 17.9 Å². The van der Waals surface area contributed by atoms with Crippen molar-refractivity contribution in [1.29, 1.82) is 0 Å². The zero-order chi connectivity index (χ0) is 21.3. The molecule has 0 aliphatic carbocycles. The number of anilines is 2. The summed E-state index contributed by atoms with van der Waals surface area (Å²) >= 11 is 0. The number of benzene rings is 2. The van der Waals surface area contributed by atoms with Gasteiger partial charge in [0.15, 0.2) is 0 Å². The Kier molecular flexibility index (Phi) is 4.93. The highest BCUT2D eigenvalue weighted by Gasteiger charge is 2.33. The number of carboxylic acids is 1. The van der Waals surface area contributed by atoms with Gasteiger partial charge in [0.05, 0.1) is 31.0 Å². The van der Waals surface area contributed by atoms with Gasteiger partial charge < -0.3 is 20.5 Å². The average Bonchev–Trinajstić information content (AvgIpc) is 3.17. The van der Waals surface area contributed by atoms with Gasteiger partial charge in [0.2, 0.25) is 11.8 Å². The molecular weight excluding hydrogens is 388 g/mol. The fourth-order valence-corrected chi connectivity index (χ4v) is 3.36. The third kappa shape index (κ3) is 3.48. The largest absolute Gasteiger partial charge is 0.495 e. The van der Waals surface area contributed by atoms with Crippen LogP contribution in [0, 0.1) is 0 Å². The summed E-state index contributed by atoms with van der Waals surface area (Å²) < 4.78 is 6.68. The predicted molar refractivity (Wildman–Crippen MR) is 109 cm³/mol. The molecule has 9 nitrogen and oxygen atoms in total. The molecule has 1 atom stereocenters. The number of ether oxygens (including phenoxy) is 1. The third-order valence-electron chi connectivity index (χ3n) is 4.82. The molecule has 0 saturated heterocycles. The van der Waals surface area contributed by atoms with E-state index in [1.165, 1.54) is 30.0 Å². The minimum absolute atomic E-state index is 0.00127. The number of carbonyl (C=O) groups is 3. The van der Waals surface area contributed by atoms with Crippen molar-refractivity contribution in [2.45, 2.75) is 12.5 Å². The molecule has 152 valence electrons. The van der Waals surface area contributed by atoms with Crippen LogP contribution in [-0.4, -0.2) is 39.8 Å². The number of nitrogens with one attached hydrogen (secondary N) is 2. The molecule has 0 saturated carbocycles. The van der Waals surface area contributed by atoms with Gasteiger partial charge in [-0.15, -0.1) is 0 Å². The van der Waals surface area contributed by atoms with Gasteiger partial charge in [-0.3, -0.25) is 9.59 Å². The number of carboxylic acid groups (broad SMARTS) is 1. The molecule has 3 aromatic rings. The summed E-state index contributed by atoms with van der Waals surface area (Å²) in [4.78, 5) is 36.6. The lowest BCUT2D eigenvalue weighted by atomic mass is 10.1. The van der Waals surface area contributed by atoms with Crippen molar-refractivity contribution in [3.05, 3.63) is 60.3 Å². The lowest BCUT2D eigenvalue weighted by molar-refractivity contribution is -0.125. The molecule has 0 unspecified atom stereocenters. The molecule has 1 aromatic heterocycles. The van der Waals surface area contributed by atoms with Crippen LogP contribution >= 0.6 is 0 Å². The second kappa shape index (κ2) is 7.70. The van der Waals surface area contributed by atoms with Gasteiger partial charge in [-0.25, -0.2) is 9.48 Å². The van der Waals surface area contributed by atoms with E-state index in [4.69, 9.17) is 4.74 Å². The quantitative estimate of drug-likeness (QED) is 0.599. The Hall–Kier alpha value is -4.14. The van der Waals surface area contributed by atoms with E-state index in [0.29, 0.717) is 17.1 Å². The molecular formula is C21H18N4O5. The van der Waals surface area contributed by atoms with Crippen LogP contribution in [0.25, 0.3) is 11.1 Å². The molecule has 2 heterocycles. The zero-order valence-corrected chi connectivity index (χ0v) is 16.0. The summed E-state index contributed by atoms with van der Waals surface area (Å²) in [6.07, 6.45) is 1.50. The number of nitrogens with zero attached hydrogens (tertiary/aromatic N) is 2. The Morgan fingerprint density at radius 2 is 2.00 bits per heavy atom. The van der Waals surface area contributed by atoms with Crippen LogP contribution in [0.15, 0.2) is 54.7 Å². The van der Waals surface area contributed by atoms with Gasteiger partial charge in [0.25, 0.3) is 0 Å². The van der Waals surface area contributed by atoms with Crippen LogP contribution in [0.5, 0.6) is 5.75 Å². The highest BCUT2D eigenvalue weighted by molar-refractivity contribution is 6.04. The Morgan fingerprint density at radius 3 is 2.70 bits per heavy atom. The molecule has 0 spiro atoms. The fraction of sp³-hybridized carbons (Fsp3) is 0.143. The van der Waals surface area contributed by atoms with Gasteiger partial charge in [-0.2, -0.15) is 5.10 Å². The van der Waals surface area contributed by atoms with Crippen molar-refractivity contribution in [3.8, 4) is 16.9 Å². The maximum atomic E-state index is 13.0. The van der Waals surface area contributed by atoms with Crippen LogP contribution < -0.4 is 15.4 Å². The smallest absolute Gasteiger partial charge is 0.335 e. The Balaban J connectivity index is 1.67. The topological polar surface area (TPSA) is 123 Å². The van der Waals surface area contributed by atoms with E-state index in [1.54, 1.807) is 6.20 Å². The van der Waals surface area contributed by atoms with Crippen molar-refractivity contribution in [2.75, 3.05) is 17.7 Å². The SMILES string of the molecule is COc1ccc(C(=O)O)cc1NC(=O)[C@H]1CC(=O)Nc2c(-c3ccccc3)cnn21. The van der Waals surface area contributed by atoms with Crippen molar-refractivity contribution < 1.29 is 24.2 Å². The summed E-state index contributed by atoms with van der Waals surface area (Å²) in [7, 11) is 1.41. The first kappa shape index (κ1) is 19.2. The first-order chi connectivity index (χ1) is 14.5. The second-order valence-corrected chi connectivity index (χ2v) is 6.70. The van der Waals surface area contributed by atoms with E-state index in [9.17, 15) is 19.5 Å². The lowest BCUT2D eigenvalue weighted by Gasteiger charge is -2.25. The second-order valence-electron chi connectivity index (χ2n) is 6.70. The Labute approximate surface area is 171 Å².